The van der Waals surface area contributed by atoms with Gasteiger partial charge in [-0.2, -0.15) is 0 Å². The van der Waals surface area contributed by atoms with Crippen molar-refractivity contribution >= 4 is 35.0 Å². The third kappa shape index (κ3) is 3.53. The number of carbonyl (C=O) groups excluding carboxylic acids is 3. The standard InChI is InChI=1S/C23H17ClN2O4/c1-14(26-22(28)15-8-2-3-9-16(15)23(26)29)21(27)25-18-11-5-7-13-20(18)30-19-12-6-4-10-17(19)24/h2-14H,1H3,(H,25,27). The average Bonchev–Trinajstić information content (AvgIpc) is 3.01. The highest BCUT2D eigenvalue weighted by atomic mass is 35.5. The minimum absolute atomic E-state index is 0.296. The lowest BCUT2D eigenvalue weighted by Gasteiger charge is -2.22. The van der Waals surface area contributed by atoms with Gasteiger partial charge in [-0.1, -0.05) is 48.0 Å². The lowest BCUT2D eigenvalue weighted by Crippen LogP contribution is -2.45. The lowest BCUT2D eigenvalue weighted by molar-refractivity contribution is -0.119. The Balaban J connectivity index is 1.54. The molecule has 30 heavy (non-hydrogen) atoms. The number of carbonyl (C=O) groups is 3. The number of ether oxygens (including phenoxy) is 1. The first-order valence-electron chi connectivity index (χ1n) is 9.26. The zero-order chi connectivity index (χ0) is 21.3. The summed E-state index contributed by atoms with van der Waals surface area (Å²) in [4.78, 5) is 39.1. The summed E-state index contributed by atoms with van der Waals surface area (Å²) in [6, 6.07) is 19.3. The van der Waals surface area contributed by atoms with Crippen molar-refractivity contribution in [3.05, 3.63) is 88.9 Å². The third-order valence-corrected chi connectivity index (χ3v) is 5.11. The van der Waals surface area contributed by atoms with E-state index >= 15 is 0 Å². The normalized spacial score (nSPS) is 13.7. The molecule has 0 saturated carbocycles. The molecular weight excluding hydrogens is 404 g/mol. The van der Waals surface area contributed by atoms with Crippen LogP contribution in [-0.2, 0) is 4.79 Å². The van der Waals surface area contributed by atoms with Crippen molar-refractivity contribution in [2.75, 3.05) is 5.32 Å². The Morgan fingerprint density at radius 3 is 2.03 bits per heavy atom. The molecule has 6 nitrogen and oxygen atoms in total. The molecule has 0 aliphatic carbocycles. The summed E-state index contributed by atoms with van der Waals surface area (Å²) in [7, 11) is 0. The van der Waals surface area contributed by atoms with Crippen LogP contribution in [0.2, 0.25) is 5.02 Å². The SMILES string of the molecule is CC(C(=O)Nc1ccccc1Oc1ccccc1Cl)N1C(=O)c2ccccc2C1=O. The predicted molar refractivity (Wildman–Crippen MR) is 113 cm³/mol. The number of nitrogens with zero attached hydrogens (tertiary/aromatic N) is 1. The van der Waals surface area contributed by atoms with Crippen LogP contribution >= 0.6 is 11.6 Å². The summed E-state index contributed by atoms with van der Waals surface area (Å²) in [5, 5.41) is 3.17. The topological polar surface area (TPSA) is 75.7 Å². The highest BCUT2D eigenvalue weighted by Crippen LogP contribution is 2.33. The minimum Gasteiger partial charge on any atom is -0.454 e. The van der Waals surface area contributed by atoms with E-state index in [1.54, 1.807) is 72.8 Å². The maximum absolute atomic E-state index is 12.9. The van der Waals surface area contributed by atoms with Gasteiger partial charge in [0.15, 0.2) is 5.75 Å². The molecule has 1 N–H and O–H groups in total. The summed E-state index contributed by atoms with van der Waals surface area (Å²) < 4.78 is 5.85. The van der Waals surface area contributed by atoms with Gasteiger partial charge in [0.25, 0.3) is 11.8 Å². The minimum atomic E-state index is -1.01. The molecule has 4 rings (SSSR count). The van der Waals surface area contributed by atoms with Gasteiger partial charge in [0.05, 0.1) is 21.8 Å². The number of amides is 3. The summed E-state index contributed by atoms with van der Waals surface area (Å²) in [6.07, 6.45) is 0. The van der Waals surface area contributed by atoms with Crippen LogP contribution in [0.4, 0.5) is 5.69 Å². The molecule has 150 valence electrons. The molecule has 0 spiro atoms. The molecule has 0 aromatic heterocycles. The summed E-state index contributed by atoms with van der Waals surface area (Å²) in [5.41, 5.74) is 0.986. The molecule has 1 unspecified atom stereocenters. The average molecular weight is 421 g/mol. The molecule has 1 atom stereocenters. The molecule has 1 aliphatic rings. The maximum Gasteiger partial charge on any atom is 0.262 e. The van der Waals surface area contributed by atoms with Crippen LogP contribution in [0.1, 0.15) is 27.6 Å². The van der Waals surface area contributed by atoms with E-state index in [1.165, 1.54) is 6.92 Å². The zero-order valence-corrected chi connectivity index (χ0v) is 16.7. The van der Waals surface area contributed by atoms with Gasteiger partial charge < -0.3 is 10.1 Å². The van der Waals surface area contributed by atoms with Crippen molar-refractivity contribution in [3.63, 3.8) is 0 Å². The monoisotopic (exact) mass is 420 g/mol. The number of anilines is 1. The van der Waals surface area contributed by atoms with Crippen LogP contribution in [0.5, 0.6) is 11.5 Å². The van der Waals surface area contributed by atoms with Crippen LogP contribution in [0, 0.1) is 0 Å². The van der Waals surface area contributed by atoms with Gasteiger partial charge in [0, 0.05) is 0 Å². The number of fused-ring (bicyclic) bond motifs is 1. The number of halogens is 1. The molecule has 1 aliphatic heterocycles. The van der Waals surface area contributed by atoms with Crippen LogP contribution < -0.4 is 10.1 Å². The van der Waals surface area contributed by atoms with E-state index in [0.29, 0.717) is 33.3 Å². The fourth-order valence-corrected chi connectivity index (χ4v) is 3.39. The number of imide groups is 1. The van der Waals surface area contributed by atoms with Gasteiger partial charge in [-0.25, -0.2) is 0 Å². The van der Waals surface area contributed by atoms with Gasteiger partial charge in [-0.15, -0.1) is 0 Å². The molecule has 3 aromatic carbocycles. The summed E-state index contributed by atoms with van der Waals surface area (Å²) >= 11 is 6.15. The van der Waals surface area contributed by atoms with Gasteiger partial charge in [0.1, 0.15) is 11.8 Å². The molecule has 0 radical (unpaired) electrons. The van der Waals surface area contributed by atoms with Crippen molar-refractivity contribution < 1.29 is 19.1 Å². The number of nitrogens with one attached hydrogen (secondary N) is 1. The summed E-state index contributed by atoms with van der Waals surface area (Å²) in [5.74, 6) is -0.666. The second-order valence-electron chi connectivity index (χ2n) is 6.72. The molecular formula is C23H17ClN2O4. The molecule has 3 aromatic rings. The first kappa shape index (κ1) is 19.7. The van der Waals surface area contributed by atoms with E-state index in [4.69, 9.17) is 16.3 Å². The number of para-hydroxylation sites is 3. The van der Waals surface area contributed by atoms with Crippen LogP contribution in [0.3, 0.4) is 0 Å². The van der Waals surface area contributed by atoms with Crippen molar-refractivity contribution in [1.82, 2.24) is 4.90 Å². The molecule has 0 saturated heterocycles. The Morgan fingerprint density at radius 1 is 0.867 bits per heavy atom. The number of rotatable bonds is 5. The van der Waals surface area contributed by atoms with Crippen molar-refractivity contribution in [2.24, 2.45) is 0 Å². The largest absolute Gasteiger partial charge is 0.454 e. The van der Waals surface area contributed by atoms with Gasteiger partial charge in [-0.3, -0.25) is 19.3 Å². The van der Waals surface area contributed by atoms with E-state index in [1.807, 2.05) is 0 Å². The van der Waals surface area contributed by atoms with Crippen molar-refractivity contribution in [2.45, 2.75) is 13.0 Å². The maximum atomic E-state index is 12.9. The van der Waals surface area contributed by atoms with E-state index in [2.05, 4.69) is 5.32 Å². The van der Waals surface area contributed by atoms with Crippen molar-refractivity contribution in [3.8, 4) is 11.5 Å². The first-order valence-corrected chi connectivity index (χ1v) is 9.64. The lowest BCUT2D eigenvalue weighted by atomic mass is 10.1. The van der Waals surface area contributed by atoms with Crippen LogP contribution in [0.25, 0.3) is 0 Å². The molecule has 0 bridgehead atoms. The van der Waals surface area contributed by atoms with E-state index in [9.17, 15) is 14.4 Å². The smallest absolute Gasteiger partial charge is 0.262 e. The Hall–Kier alpha value is -3.64. The first-order chi connectivity index (χ1) is 14.5. The van der Waals surface area contributed by atoms with Crippen LogP contribution in [-0.4, -0.2) is 28.7 Å². The number of hydrogen-bond donors (Lipinski definition) is 1. The van der Waals surface area contributed by atoms with E-state index < -0.39 is 23.8 Å². The third-order valence-electron chi connectivity index (χ3n) is 4.79. The quantitative estimate of drug-likeness (QED) is 0.604. The van der Waals surface area contributed by atoms with E-state index in [0.717, 1.165) is 4.90 Å². The second-order valence-corrected chi connectivity index (χ2v) is 7.13. The Kier molecular flexibility index (Phi) is 5.25. The molecule has 0 fully saturated rings. The Morgan fingerprint density at radius 2 is 1.40 bits per heavy atom. The van der Waals surface area contributed by atoms with Crippen LogP contribution in [0.15, 0.2) is 72.8 Å². The Bertz CT molecular complexity index is 1130. The number of benzene rings is 3. The Labute approximate surface area is 178 Å². The summed E-state index contributed by atoms with van der Waals surface area (Å²) in [6.45, 7) is 1.51. The van der Waals surface area contributed by atoms with Gasteiger partial charge >= 0.3 is 0 Å². The second kappa shape index (κ2) is 8.00. The van der Waals surface area contributed by atoms with Crippen molar-refractivity contribution in [1.29, 1.82) is 0 Å². The van der Waals surface area contributed by atoms with E-state index in [-0.39, 0.29) is 0 Å². The molecule has 1 heterocycles. The zero-order valence-electron chi connectivity index (χ0n) is 16.0. The fourth-order valence-electron chi connectivity index (χ4n) is 3.22. The fraction of sp³-hybridized carbons (Fsp3) is 0.0870. The molecule has 3 amide bonds. The predicted octanol–water partition coefficient (Wildman–Crippen LogP) is 4.76. The van der Waals surface area contributed by atoms with Gasteiger partial charge in [0.2, 0.25) is 5.91 Å². The number of hydrogen-bond acceptors (Lipinski definition) is 4. The molecule has 7 heteroatoms. The highest BCUT2D eigenvalue weighted by molar-refractivity contribution is 6.32. The van der Waals surface area contributed by atoms with Gasteiger partial charge in [-0.05, 0) is 43.3 Å². The highest BCUT2D eigenvalue weighted by Gasteiger charge is 2.40.